The summed E-state index contributed by atoms with van der Waals surface area (Å²) >= 11 is 0. The summed E-state index contributed by atoms with van der Waals surface area (Å²) in [7, 11) is 1.93. The molecule has 0 aliphatic carbocycles. The molecule has 78 heavy (non-hydrogen) atoms. The molecule has 4 fully saturated rings. The van der Waals surface area contributed by atoms with Gasteiger partial charge in [0.2, 0.25) is 53.2 Å². The Morgan fingerprint density at radius 1 is 0.474 bits per heavy atom. The molecular weight excluding hydrogens is 997 g/mol. The highest BCUT2D eigenvalue weighted by atomic mass is 16.2. The highest BCUT2D eigenvalue weighted by Gasteiger charge is 2.23. The van der Waals surface area contributed by atoms with E-state index in [-0.39, 0.29) is 83.4 Å². The van der Waals surface area contributed by atoms with Gasteiger partial charge < -0.3 is 46.6 Å². The maximum Gasteiger partial charge on any atom is 0.243 e. The summed E-state index contributed by atoms with van der Waals surface area (Å²) in [5, 5.41) is 16.5. The number of piperidine rings is 1. The van der Waals surface area contributed by atoms with Gasteiger partial charge in [0.05, 0.1) is 19.6 Å². The van der Waals surface area contributed by atoms with Crippen molar-refractivity contribution in [3.63, 3.8) is 0 Å². The summed E-state index contributed by atoms with van der Waals surface area (Å²) in [6.07, 6.45) is 20.0. The van der Waals surface area contributed by atoms with Crippen molar-refractivity contribution < 1.29 is 43.2 Å². The largest absolute Gasteiger partial charge is 0.350 e. The summed E-state index contributed by atoms with van der Waals surface area (Å²) in [6.45, 7) is 36.0. The van der Waals surface area contributed by atoms with Crippen LogP contribution >= 0.6 is 0 Å². The molecule has 9 amide bonds. The first-order chi connectivity index (χ1) is 36.7. The quantitative estimate of drug-likeness (QED) is 0.0965. The second-order valence-electron chi connectivity index (χ2n) is 20.6. The smallest absolute Gasteiger partial charge is 0.243 e. The number of likely N-dealkylation sites (N-methyl/N-ethyl adjacent to an activating group) is 2. The van der Waals surface area contributed by atoms with Crippen LogP contribution in [0.5, 0.6) is 0 Å². The number of hydrogen-bond donors (Lipinski definition) is 6. The predicted octanol–water partition coefficient (Wildman–Crippen LogP) is 2.64. The zero-order valence-electron chi connectivity index (χ0n) is 49.5. The average molecular weight is 1100 g/mol. The normalized spacial score (nSPS) is 16.8. The topological polar surface area (TPSA) is 245 Å². The van der Waals surface area contributed by atoms with E-state index in [0.29, 0.717) is 64.5 Å². The maximum absolute atomic E-state index is 11.8. The Bertz CT molecular complexity index is 2030. The lowest BCUT2D eigenvalue weighted by atomic mass is 10.1. The van der Waals surface area contributed by atoms with Gasteiger partial charge in [0.25, 0.3) is 0 Å². The summed E-state index contributed by atoms with van der Waals surface area (Å²) in [5.41, 5.74) is 0.696. The third-order valence-corrected chi connectivity index (χ3v) is 11.0. The molecule has 0 atom stereocenters. The first-order valence-corrected chi connectivity index (χ1v) is 27.5. The van der Waals surface area contributed by atoms with Crippen molar-refractivity contribution in [1.82, 2.24) is 61.3 Å². The molecule has 0 radical (unpaired) electrons. The van der Waals surface area contributed by atoms with Gasteiger partial charge in [-0.15, -0.1) is 0 Å². The standard InChI is InChI=1S/C13H23N3O2.C12H19N3O2.C12H21N3O2.C12H20N2O2.C8H15NO/c1-4-15-8-9-16(13(18)10-15)7-5-6-12(17)14-11(2)3;1-9(2)13-11(16)5-4-6-15-7-10(3)14-12(17)8-15;1-10(2)13-11(16)5-4-6-15-8-7-14(3)9-12(15)17;1-10(2)13-11(15)6-5-9-14-8-4-3-7-12(14)16;1-4-5-6-8(10)9-7(2)3/h5-6,11H,4,7-10H2,1-3H3,(H,14,17);4-5,9H,3,6-8H2,1-2H3,(H,13,16)(H,14,17);4-5,10H,6-9H2,1-3H3,(H,13,16);5-6,10H,3-4,7-9H2,1-2H3,(H,13,15);5-7H,4H2,1-3H3,(H,9,10)/b6-5+;2*5-4+;2*6-5+. The van der Waals surface area contributed by atoms with E-state index >= 15 is 0 Å². The minimum atomic E-state index is -0.111. The molecule has 4 rings (SSSR count). The van der Waals surface area contributed by atoms with Gasteiger partial charge in [0.1, 0.15) is 0 Å². The van der Waals surface area contributed by atoms with Crippen molar-refractivity contribution >= 4 is 53.2 Å². The van der Waals surface area contributed by atoms with E-state index < -0.39 is 0 Å². The molecule has 440 valence electrons. The number of carbonyl (C=O) groups excluding carboxylic acids is 9. The van der Waals surface area contributed by atoms with Crippen LogP contribution in [-0.4, -0.2) is 211 Å². The Morgan fingerprint density at radius 3 is 1.22 bits per heavy atom. The van der Waals surface area contributed by atoms with Crippen molar-refractivity contribution in [3.05, 3.63) is 73.0 Å². The molecule has 21 heteroatoms. The molecule has 6 N–H and O–H groups in total. The highest BCUT2D eigenvalue weighted by Crippen LogP contribution is 2.10. The van der Waals surface area contributed by atoms with Crippen LogP contribution in [0, 0.1) is 0 Å². The van der Waals surface area contributed by atoms with E-state index in [1.54, 1.807) is 45.1 Å². The van der Waals surface area contributed by atoms with E-state index in [9.17, 15) is 43.2 Å². The van der Waals surface area contributed by atoms with Gasteiger partial charge in [0, 0.05) is 132 Å². The Labute approximate surface area is 466 Å². The molecule has 0 aromatic carbocycles. The van der Waals surface area contributed by atoms with Crippen LogP contribution in [0.1, 0.15) is 109 Å². The second-order valence-corrected chi connectivity index (χ2v) is 20.6. The number of hydrogen-bond acceptors (Lipinski definition) is 12. The number of piperazine rings is 3. The molecule has 0 bridgehead atoms. The van der Waals surface area contributed by atoms with Crippen molar-refractivity contribution in [3.8, 4) is 0 Å². The predicted molar refractivity (Wildman–Crippen MR) is 309 cm³/mol. The van der Waals surface area contributed by atoms with Crippen molar-refractivity contribution in [2.45, 2.75) is 139 Å². The van der Waals surface area contributed by atoms with Gasteiger partial charge in [-0.25, -0.2) is 0 Å². The fourth-order valence-electron chi connectivity index (χ4n) is 7.29. The van der Waals surface area contributed by atoms with E-state index in [4.69, 9.17) is 0 Å². The maximum atomic E-state index is 11.8. The lowest BCUT2D eigenvalue weighted by Gasteiger charge is -2.32. The molecule has 0 unspecified atom stereocenters. The van der Waals surface area contributed by atoms with Crippen LogP contribution in [0.3, 0.4) is 0 Å². The van der Waals surface area contributed by atoms with Crippen molar-refractivity contribution in [2.24, 2.45) is 0 Å². The molecule has 4 aliphatic heterocycles. The third-order valence-electron chi connectivity index (χ3n) is 11.0. The molecule has 4 aliphatic rings. The zero-order chi connectivity index (χ0) is 59.2. The summed E-state index contributed by atoms with van der Waals surface area (Å²) in [4.78, 5) is 113. The van der Waals surface area contributed by atoms with E-state index in [1.807, 2.05) is 99.1 Å². The number of allylic oxidation sites excluding steroid dienone is 1. The summed E-state index contributed by atoms with van der Waals surface area (Å²) < 4.78 is 0. The number of rotatable bonds is 20. The van der Waals surface area contributed by atoms with Gasteiger partial charge in [-0.05, 0) is 108 Å². The number of nitrogens with one attached hydrogen (secondary N) is 6. The number of nitrogens with zero attached hydrogens (tertiary/aromatic N) is 6. The first-order valence-electron chi connectivity index (χ1n) is 27.5. The van der Waals surface area contributed by atoms with E-state index in [1.165, 1.54) is 24.3 Å². The van der Waals surface area contributed by atoms with Crippen LogP contribution in [0.25, 0.3) is 0 Å². The first kappa shape index (κ1) is 71.5. The van der Waals surface area contributed by atoms with Crippen LogP contribution in [0.2, 0.25) is 0 Å². The molecule has 21 nitrogen and oxygen atoms in total. The van der Waals surface area contributed by atoms with Crippen LogP contribution in [0.4, 0.5) is 0 Å². The summed E-state index contributed by atoms with van der Waals surface area (Å²) in [5.74, 6) is -0.0334. The Hall–Kier alpha value is -6.45. The monoisotopic (exact) mass is 1090 g/mol. The van der Waals surface area contributed by atoms with E-state index in [0.717, 1.165) is 58.5 Å². The SMILES string of the molecule is C=C1CN(C/C=C/C(=O)NC(C)C)CC(=O)N1.CC(C)NC(=O)/C=C/CN1CCCCC1=O.CC(C)NC(=O)/C=C/CN1CCN(C)CC1=O.CC/C=C/C(=O)NC(C)C.CCN1CCN(C/C=C/C(=O)NC(C)C)C(=O)C1. The van der Waals surface area contributed by atoms with Crippen LogP contribution in [-0.2, 0) is 43.2 Å². The Balaban J connectivity index is 0.000000961. The molecule has 4 saturated heterocycles. The minimum absolute atomic E-state index is 0.00292. The van der Waals surface area contributed by atoms with Crippen LogP contribution in [0.15, 0.2) is 73.0 Å². The third kappa shape index (κ3) is 38.2. The lowest BCUT2D eigenvalue weighted by Crippen LogP contribution is -2.50. The number of likely N-dealkylation sites (tertiary alicyclic amines) is 1. The fourth-order valence-corrected chi connectivity index (χ4v) is 7.29. The molecular formula is C57H98N12O9. The van der Waals surface area contributed by atoms with Gasteiger partial charge >= 0.3 is 0 Å². The summed E-state index contributed by atoms with van der Waals surface area (Å²) in [6, 6.07) is 0.782. The van der Waals surface area contributed by atoms with E-state index in [2.05, 4.69) is 50.3 Å². The highest BCUT2D eigenvalue weighted by molar-refractivity contribution is 5.90. The molecule has 0 aromatic heterocycles. The lowest BCUT2D eigenvalue weighted by molar-refractivity contribution is -0.135. The van der Waals surface area contributed by atoms with Crippen molar-refractivity contribution in [1.29, 1.82) is 0 Å². The second kappa shape index (κ2) is 41.6. The fraction of sp³-hybridized carbons (Fsp3) is 0.632. The number of carbonyl (C=O) groups is 9. The minimum Gasteiger partial charge on any atom is -0.350 e. The van der Waals surface area contributed by atoms with Gasteiger partial charge in [-0.2, -0.15) is 0 Å². The van der Waals surface area contributed by atoms with Crippen molar-refractivity contribution in [2.75, 3.05) is 98.7 Å². The Morgan fingerprint density at radius 2 is 0.859 bits per heavy atom. The Kier molecular flexibility index (Phi) is 38.2. The zero-order valence-corrected chi connectivity index (χ0v) is 49.5. The van der Waals surface area contributed by atoms with Gasteiger partial charge in [-0.1, -0.05) is 50.8 Å². The molecule has 4 heterocycles. The van der Waals surface area contributed by atoms with Crippen LogP contribution < -0.4 is 31.9 Å². The van der Waals surface area contributed by atoms with Gasteiger partial charge in [-0.3, -0.25) is 57.9 Å². The molecule has 0 aromatic rings. The number of amides is 9. The molecule has 0 spiro atoms. The van der Waals surface area contributed by atoms with Gasteiger partial charge in [0.15, 0.2) is 0 Å². The molecule has 0 saturated carbocycles. The average Bonchev–Trinajstić information content (AvgIpc) is 3.32.